The maximum Gasteiger partial charge on any atom is 0.228 e. The Bertz CT molecular complexity index is 725. The number of hydrogen-bond acceptors (Lipinski definition) is 5. The van der Waals surface area contributed by atoms with Gasteiger partial charge in [-0.3, -0.25) is 4.79 Å². The molecule has 27 heavy (non-hydrogen) atoms. The lowest BCUT2D eigenvalue weighted by molar-refractivity contribution is -0.136. The summed E-state index contributed by atoms with van der Waals surface area (Å²) in [7, 11) is 1.63. The van der Waals surface area contributed by atoms with Gasteiger partial charge in [0, 0.05) is 25.6 Å². The van der Waals surface area contributed by atoms with Crippen LogP contribution in [0, 0.1) is 11.2 Å². The quantitative estimate of drug-likeness (QED) is 0.751. The molecule has 0 bridgehead atoms. The number of hydrogen-bond donors (Lipinski definition) is 2. The van der Waals surface area contributed by atoms with Crippen molar-refractivity contribution in [2.45, 2.75) is 19.3 Å². The lowest BCUT2D eigenvalue weighted by Gasteiger charge is -2.35. The van der Waals surface area contributed by atoms with Crippen LogP contribution < -0.4 is 10.6 Å². The maximum atomic E-state index is 13.0. The second kappa shape index (κ2) is 9.82. The first kappa shape index (κ1) is 21.3. The van der Waals surface area contributed by atoms with E-state index in [1.54, 1.807) is 25.5 Å². The Morgan fingerprint density at radius 3 is 2.70 bits per heavy atom. The summed E-state index contributed by atoms with van der Waals surface area (Å²) in [5.41, 5.74) is 1.01. The Hall–Kier alpha value is -1.96. The van der Waals surface area contributed by atoms with Crippen molar-refractivity contribution in [2.75, 3.05) is 33.4 Å². The summed E-state index contributed by atoms with van der Waals surface area (Å²) in [6, 6.07) is 5.98. The molecule has 0 saturated carbocycles. The highest BCUT2D eigenvalue weighted by Crippen LogP contribution is 2.29. The third-order valence-corrected chi connectivity index (χ3v) is 4.77. The van der Waals surface area contributed by atoms with Crippen LogP contribution in [0.15, 0.2) is 34.9 Å². The molecule has 2 N–H and O–H groups in total. The summed E-state index contributed by atoms with van der Waals surface area (Å²) < 4.78 is 23.7. The molecule has 1 amide bonds. The number of nitrogens with zero attached hydrogens (tertiary/aromatic N) is 1. The molecule has 3 rings (SSSR count). The maximum absolute atomic E-state index is 13.0. The van der Waals surface area contributed by atoms with Crippen molar-refractivity contribution in [1.82, 2.24) is 15.6 Å². The number of piperidine rings is 1. The second-order valence-electron chi connectivity index (χ2n) is 6.62. The molecule has 148 valence electrons. The van der Waals surface area contributed by atoms with E-state index in [1.165, 1.54) is 12.1 Å². The molecule has 0 unspecified atom stereocenters. The van der Waals surface area contributed by atoms with Crippen LogP contribution in [0.1, 0.15) is 18.5 Å². The summed E-state index contributed by atoms with van der Waals surface area (Å²) in [5, 5.41) is 6.28. The average molecular weight is 398 g/mol. The van der Waals surface area contributed by atoms with Gasteiger partial charge in [-0.05, 0) is 50.2 Å². The van der Waals surface area contributed by atoms with Gasteiger partial charge in [-0.15, -0.1) is 12.4 Å². The monoisotopic (exact) mass is 397 g/mol. The SMILES string of the molecule is COCC1(C(=O)NCCc2coc(-c3ccc(F)cc3)n2)CCNCC1.Cl. The first-order valence-electron chi connectivity index (χ1n) is 8.81. The van der Waals surface area contributed by atoms with E-state index in [-0.39, 0.29) is 24.1 Å². The molecular weight excluding hydrogens is 373 g/mol. The topological polar surface area (TPSA) is 76.4 Å². The normalized spacial score (nSPS) is 15.8. The van der Waals surface area contributed by atoms with Gasteiger partial charge < -0.3 is 19.8 Å². The Labute approximate surface area is 164 Å². The van der Waals surface area contributed by atoms with E-state index >= 15 is 0 Å². The van der Waals surface area contributed by atoms with Crippen LogP contribution in [-0.2, 0) is 16.0 Å². The molecule has 1 aliphatic heterocycles. The second-order valence-corrected chi connectivity index (χ2v) is 6.62. The van der Waals surface area contributed by atoms with Gasteiger partial charge in [-0.1, -0.05) is 0 Å². The highest BCUT2D eigenvalue weighted by atomic mass is 35.5. The molecule has 6 nitrogen and oxygen atoms in total. The molecule has 1 aliphatic rings. The summed E-state index contributed by atoms with van der Waals surface area (Å²) in [5.74, 6) is 0.176. The molecule has 2 aromatic rings. The summed E-state index contributed by atoms with van der Waals surface area (Å²) in [4.78, 5) is 17.1. The Kier molecular flexibility index (Phi) is 7.77. The van der Waals surface area contributed by atoms with E-state index < -0.39 is 5.41 Å². The zero-order valence-electron chi connectivity index (χ0n) is 15.3. The zero-order chi connectivity index (χ0) is 18.4. The van der Waals surface area contributed by atoms with Crippen LogP contribution in [0.3, 0.4) is 0 Å². The number of carbonyl (C=O) groups is 1. The van der Waals surface area contributed by atoms with Gasteiger partial charge in [0.2, 0.25) is 11.8 Å². The third-order valence-electron chi connectivity index (χ3n) is 4.77. The highest BCUT2D eigenvalue weighted by Gasteiger charge is 2.39. The highest BCUT2D eigenvalue weighted by molar-refractivity contribution is 5.85. The molecule has 1 aromatic carbocycles. The smallest absolute Gasteiger partial charge is 0.228 e. The fourth-order valence-electron chi connectivity index (χ4n) is 3.26. The fourth-order valence-corrected chi connectivity index (χ4v) is 3.26. The van der Waals surface area contributed by atoms with Crippen LogP contribution >= 0.6 is 12.4 Å². The number of ether oxygens (including phenoxy) is 1. The van der Waals surface area contributed by atoms with E-state index in [0.29, 0.717) is 25.5 Å². The Morgan fingerprint density at radius 1 is 1.33 bits per heavy atom. The predicted octanol–water partition coefficient (Wildman–Crippen LogP) is 2.58. The zero-order valence-corrected chi connectivity index (χ0v) is 16.1. The van der Waals surface area contributed by atoms with E-state index in [4.69, 9.17) is 9.15 Å². The molecule has 1 saturated heterocycles. The number of nitrogens with one attached hydrogen (secondary N) is 2. The number of halogens is 2. The van der Waals surface area contributed by atoms with Gasteiger partial charge in [-0.2, -0.15) is 0 Å². The molecule has 0 aliphatic carbocycles. The van der Waals surface area contributed by atoms with Gasteiger partial charge >= 0.3 is 0 Å². The van der Waals surface area contributed by atoms with Gasteiger partial charge in [-0.25, -0.2) is 9.37 Å². The van der Waals surface area contributed by atoms with Crippen molar-refractivity contribution in [3.8, 4) is 11.5 Å². The minimum absolute atomic E-state index is 0. The molecule has 1 fully saturated rings. The van der Waals surface area contributed by atoms with Crippen molar-refractivity contribution >= 4 is 18.3 Å². The number of amides is 1. The number of oxazole rings is 1. The molecule has 8 heteroatoms. The third kappa shape index (κ3) is 5.28. The molecule has 1 aromatic heterocycles. The van der Waals surface area contributed by atoms with Crippen LogP contribution in [0.4, 0.5) is 4.39 Å². The van der Waals surface area contributed by atoms with Crippen molar-refractivity contribution in [1.29, 1.82) is 0 Å². The molecule has 0 spiro atoms. The molecular formula is C19H25ClFN3O3. The van der Waals surface area contributed by atoms with E-state index in [2.05, 4.69) is 15.6 Å². The van der Waals surface area contributed by atoms with Gasteiger partial charge in [0.05, 0.1) is 17.7 Å². The number of methoxy groups -OCH3 is 1. The lowest BCUT2D eigenvalue weighted by Crippen LogP contribution is -2.50. The largest absolute Gasteiger partial charge is 0.444 e. The van der Waals surface area contributed by atoms with Crippen LogP contribution in [0.5, 0.6) is 0 Å². The van der Waals surface area contributed by atoms with E-state index in [1.807, 2.05) is 0 Å². The van der Waals surface area contributed by atoms with Gasteiger partial charge in [0.15, 0.2) is 0 Å². The molecule has 0 atom stereocenters. The first-order valence-corrected chi connectivity index (χ1v) is 8.81. The van der Waals surface area contributed by atoms with Gasteiger partial charge in [0.25, 0.3) is 0 Å². The summed E-state index contributed by atoms with van der Waals surface area (Å²) in [6.45, 7) is 2.55. The number of rotatable bonds is 7. The predicted molar refractivity (Wildman–Crippen MR) is 102 cm³/mol. The van der Waals surface area contributed by atoms with Gasteiger partial charge in [0.1, 0.15) is 12.1 Å². The Morgan fingerprint density at radius 2 is 2.04 bits per heavy atom. The minimum Gasteiger partial charge on any atom is -0.444 e. The number of benzene rings is 1. The molecule has 2 heterocycles. The summed E-state index contributed by atoms with van der Waals surface area (Å²) >= 11 is 0. The van der Waals surface area contributed by atoms with E-state index in [0.717, 1.165) is 37.2 Å². The van der Waals surface area contributed by atoms with Crippen LogP contribution in [0.25, 0.3) is 11.5 Å². The number of aromatic nitrogens is 1. The average Bonchev–Trinajstić information content (AvgIpc) is 3.12. The standard InChI is InChI=1S/C19H24FN3O3.ClH/c1-25-13-19(7-10-21-11-8-19)18(24)22-9-6-16-12-26-17(23-16)14-2-4-15(20)5-3-14;/h2-5,12,21H,6-11,13H2,1H3,(H,22,24);1H. The fraction of sp³-hybridized carbons (Fsp3) is 0.474. The minimum atomic E-state index is -0.455. The Balaban J connectivity index is 0.00000261. The van der Waals surface area contributed by atoms with Crippen molar-refractivity contribution in [3.63, 3.8) is 0 Å². The summed E-state index contributed by atoms with van der Waals surface area (Å²) in [6.07, 6.45) is 3.68. The lowest BCUT2D eigenvalue weighted by atomic mass is 9.78. The van der Waals surface area contributed by atoms with E-state index in [9.17, 15) is 9.18 Å². The van der Waals surface area contributed by atoms with Crippen LogP contribution in [-0.4, -0.2) is 44.2 Å². The number of carbonyl (C=O) groups excluding carboxylic acids is 1. The van der Waals surface area contributed by atoms with Crippen molar-refractivity contribution in [3.05, 3.63) is 42.0 Å². The van der Waals surface area contributed by atoms with Crippen LogP contribution in [0.2, 0.25) is 0 Å². The van der Waals surface area contributed by atoms with Crippen molar-refractivity contribution in [2.24, 2.45) is 5.41 Å². The van der Waals surface area contributed by atoms with Crippen molar-refractivity contribution < 1.29 is 18.3 Å². The first-order chi connectivity index (χ1) is 12.6. The molecule has 0 radical (unpaired) electrons.